The van der Waals surface area contributed by atoms with Gasteiger partial charge in [-0.1, -0.05) is 0 Å². The SMILES string of the molecule is COCCOC(=O)CN. The predicted octanol–water partition coefficient (Wildman–Crippen LogP) is -0.865. The number of hydrogen-bond donors (Lipinski definition) is 1. The van der Waals surface area contributed by atoms with E-state index in [-0.39, 0.29) is 13.2 Å². The zero-order chi connectivity index (χ0) is 7.11. The van der Waals surface area contributed by atoms with Crippen molar-refractivity contribution in [1.29, 1.82) is 0 Å². The van der Waals surface area contributed by atoms with Crippen molar-refractivity contribution in [2.24, 2.45) is 5.73 Å². The Morgan fingerprint density at radius 1 is 1.56 bits per heavy atom. The molecule has 0 spiro atoms. The molecule has 4 heteroatoms. The van der Waals surface area contributed by atoms with Gasteiger partial charge in [0.25, 0.3) is 0 Å². The summed E-state index contributed by atoms with van der Waals surface area (Å²) < 4.78 is 9.16. The van der Waals surface area contributed by atoms with Gasteiger partial charge < -0.3 is 15.2 Å². The van der Waals surface area contributed by atoms with E-state index in [2.05, 4.69) is 9.47 Å². The van der Waals surface area contributed by atoms with Crippen LogP contribution in [-0.4, -0.2) is 32.8 Å². The van der Waals surface area contributed by atoms with Gasteiger partial charge in [0, 0.05) is 7.11 Å². The highest BCUT2D eigenvalue weighted by Crippen LogP contribution is 1.74. The van der Waals surface area contributed by atoms with Crippen molar-refractivity contribution in [3.63, 3.8) is 0 Å². The number of carbonyl (C=O) groups is 1. The first-order valence-electron chi connectivity index (χ1n) is 2.66. The first kappa shape index (κ1) is 8.39. The van der Waals surface area contributed by atoms with E-state index < -0.39 is 5.97 Å². The fourth-order valence-corrected chi connectivity index (χ4v) is 0.298. The van der Waals surface area contributed by atoms with Gasteiger partial charge in [-0.2, -0.15) is 0 Å². The van der Waals surface area contributed by atoms with E-state index in [0.717, 1.165) is 0 Å². The van der Waals surface area contributed by atoms with Gasteiger partial charge in [0.1, 0.15) is 6.61 Å². The number of nitrogens with two attached hydrogens (primary N) is 1. The summed E-state index contributed by atoms with van der Waals surface area (Å²) in [5.74, 6) is -0.396. The zero-order valence-corrected chi connectivity index (χ0v) is 5.42. The Labute approximate surface area is 53.9 Å². The first-order valence-corrected chi connectivity index (χ1v) is 2.66. The molecule has 0 aromatic carbocycles. The topological polar surface area (TPSA) is 61.5 Å². The van der Waals surface area contributed by atoms with Crippen LogP contribution in [0.1, 0.15) is 0 Å². The minimum absolute atomic E-state index is 0.0658. The lowest BCUT2D eigenvalue weighted by atomic mass is 10.7. The molecular formula is C5H11NO3. The molecule has 9 heavy (non-hydrogen) atoms. The van der Waals surface area contributed by atoms with Crippen LogP contribution in [0.5, 0.6) is 0 Å². The number of ether oxygens (including phenoxy) is 2. The Kier molecular flexibility index (Phi) is 5.15. The lowest BCUT2D eigenvalue weighted by Gasteiger charge is -1.99. The third kappa shape index (κ3) is 5.26. The van der Waals surface area contributed by atoms with Gasteiger partial charge in [0.15, 0.2) is 0 Å². The fourth-order valence-electron chi connectivity index (χ4n) is 0.298. The normalized spacial score (nSPS) is 9.11. The van der Waals surface area contributed by atoms with E-state index in [0.29, 0.717) is 6.61 Å². The second-order valence-corrected chi connectivity index (χ2v) is 1.42. The summed E-state index contributed by atoms with van der Waals surface area (Å²) in [5, 5.41) is 0. The first-order chi connectivity index (χ1) is 4.31. The van der Waals surface area contributed by atoms with E-state index in [1.165, 1.54) is 7.11 Å². The molecule has 0 unspecified atom stereocenters. The molecule has 0 aliphatic rings. The molecule has 2 N–H and O–H groups in total. The summed E-state index contributed by atoms with van der Waals surface area (Å²) in [6, 6.07) is 0. The molecule has 0 saturated carbocycles. The summed E-state index contributed by atoms with van der Waals surface area (Å²) in [4.78, 5) is 10.3. The molecule has 54 valence electrons. The standard InChI is InChI=1S/C5H11NO3/c1-8-2-3-9-5(7)4-6/h2-4,6H2,1H3. The van der Waals surface area contributed by atoms with E-state index in [9.17, 15) is 4.79 Å². The maximum Gasteiger partial charge on any atom is 0.319 e. The number of esters is 1. The summed E-state index contributed by atoms with van der Waals surface area (Å²) in [7, 11) is 1.54. The van der Waals surface area contributed by atoms with Gasteiger partial charge in [-0.25, -0.2) is 0 Å². The molecule has 0 aromatic rings. The smallest absolute Gasteiger partial charge is 0.319 e. The molecule has 0 atom stereocenters. The van der Waals surface area contributed by atoms with Crippen molar-refractivity contribution in [2.75, 3.05) is 26.9 Å². The average Bonchev–Trinajstić information content (AvgIpc) is 1.89. The average molecular weight is 133 g/mol. The Morgan fingerprint density at radius 3 is 2.67 bits per heavy atom. The van der Waals surface area contributed by atoms with Crippen LogP contribution < -0.4 is 5.73 Å². The predicted molar refractivity (Wildman–Crippen MR) is 31.9 cm³/mol. The Bertz CT molecular complexity index is 84.3. The molecule has 0 bridgehead atoms. The van der Waals surface area contributed by atoms with Crippen molar-refractivity contribution >= 4 is 5.97 Å². The number of methoxy groups -OCH3 is 1. The number of carbonyl (C=O) groups excluding carboxylic acids is 1. The van der Waals surface area contributed by atoms with E-state index >= 15 is 0 Å². The van der Waals surface area contributed by atoms with Crippen LogP contribution in [0.4, 0.5) is 0 Å². The van der Waals surface area contributed by atoms with Crippen LogP contribution in [0.25, 0.3) is 0 Å². The molecule has 0 saturated heterocycles. The molecule has 0 amide bonds. The lowest BCUT2D eigenvalue weighted by molar-refractivity contribution is -0.143. The molecule has 0 aliphatic heterocycles. The highest BCUT2D eigenvalue weighted by Gasteiger charge is 1.95. The minimum Gasteiger partial charge on any atom is -0.462 e. The zero-order valence-electron chi connectivity index (χ0n) is 5.42. The van der Waals surface area contributed by atoms with Crippen molar-refractivity contribution in [2.45, 2.75) is 0 Å². The van der Waals surface area contributed by atoms with Gasteiger partial charge in [0.05, 0.1) is 13.2 Å². The molecule has 0 heterocycles. The van der Waals surface area contributed by atoms with Crippen LogP contribution in [0.15, 0.2) is 0 Å². The minimum atomic E-state index is -0.396. The number of hydrogen-bond acceptors (Lipinski definition) is 4. The molecule has 0 rings (SSSR count). The molecule has 4 nitrogen and oxygen atoms in total. The van der Waals surface area contributed by atoms with Crippen molar-refractivity contribution < 1.29 is 14.3 Å². The monoisotopic (exact) mass is 133 g/mol. The van der Waals surface area contributed by atoms with Crippen LogP contribution >= 0.6 is 0 Å². The molecule has 0 radical (unpaired) electrons. The van der Waals surface area contributed by atoms with Crippen molar-refractivity contribution in [3.05, 3.63) is 0 Å². The summed E-state index contributed by atoms with van der Waals surface area (Å²) in [6.07, 6.45) is 0. The Balaban J connectivity index is 2.97. The maximum atomic E-state index is 10.3. The van der Waals surface area contributed by atoms with Gasteiger partial charge in [-0.15, -0.1) is 0 Å². The van der Waals surface area contributed by atoms with Crippen LogP contribution in [-0.2, 0) is 14.3 Å². The van der Waals surface area contributed by atoms with Crippen LogP contribution in [0, 0.1) is 0 Å². The van der Waals surface area contributed by atoms with E-state index in [1.54, 1.807) is 0 Å². The largest absolute Gasteiger partial charge is 0.462 e. The van der Waals surface area contributed by atoms with E-state index in [4.69, 9.17) is 5.73 Å². The second kappa shape index (κ2) is 5.53. The fraction of sp³-hybridized carbons (Fsp3) is 0.800. The van der Waals surface area contributed by atoms with Crippen LogP contribution in [0.2, 0.25) is 0 Å². The summed E-state index contributed by atoms with van der Waals surface area (Å²) in [5.41, 5.74) is 4.94. The maximum absolute atomic E-state index is 10.3. The highest BCUT2D eigenvalue weighted by atomic mass is 16.6. The van der Waals surface area contributed by atoms with Gasteiger partial charge in [-0.05, 0) is 0 Å². The van der Waals surface area contributed by atoms with E-state index in [1.807, 2.05) is 0 Å². The van der Waals surface area contributed by atoms with Crippen molar-refractivity contribution in [1.82, 2.24) is 0 Å². The quantitative estimate of drug-likeness (QED) is 0.400. The van der Waals surface area contributed by atoms with Gasteiger partial charge in [-0.3, -0.25) is 4.79 Å². The highest BCUT2D eigenvalue weighted by molar-refractivity contribution is 5.71. The third-order valence-electron chi connectivity index (χ3n) is 0.717. The summed E-state index contributed by atoms with van der Waals surface area (Å²) >= 11 is 0. The second-order valence-electron chi connectivity index (χ2n) is 1.42. The van der Waals surface area contributed by atoms with Gasteiger partial charge in [0.2, 0.25) is 0 Å². The third-order valence-corrected chi connectivity index (χ3v) is 0.717. The summed E-state index contributed by atoms with van der Waals surface area (Å²) in [6.45, 7) is 0.641. The Hall–Kier alpha value is -0.610. The van der Waals surface area contributed by atoms with Crippen molar-refractivity contribution in [3.8, 4) is 0 Å². The van der Waals surface area contributed by atoms with Crippen LogP contribution in [0.3, 0.4) is 0 Å². The van der Waals surface area contributed by atoms with Gasteiger partial charge >= 0.3 is 5.97 Å². The molecule has 0 aromatic heterocycles. The molecular weight excluding hydrogens is 122 g/mol. The number of rotatable bonds is 4. The Morgan fingerprint density at radius 2 is 2.22 bits per heavy atom. The molecule has 0 fully saturated rings. The lowest BCUT2D eigenvalue weighted by Crippen LogP contribution is -2.18. The molecule has 0 aliphatic carbocycles.